The molecule has 27 heavy (non-hydrogen) atoms. The minimum atomic E-state index is -0.502. The molecule has 3 rings (SSSR count). The van der Waals surface area contributed by atoms with Crippen LogP contribution in [0.15, 0.2) is 36.4 Å². The number of carbonyl (C=O) groups is 1. The van der Waals surface area contributed by atoms with Gasteiger partial charge in [-0.05, 0) is 23.8 Å². The average molecular weight is 409 g/mol. The summed E-state index contributed by atoms with van der Waals surface area (Å²) < 4.78 is 11.2. The normalized spacial score (nSPS) is 12.9. The molecule has 0 radical (unpaired) electrons. The molecule has 9 heteroatoms. The van der Waals surface area contributed by atoms with Crippen LogP contribution in [0, 0.1) is 10.1 Å². The summed E-state index contributed by atoms with van der Waals surface area (Å²) in [6.07, 6.45) is 0.799. The van der Waals surface area contributed by atoms with Crippen molar-refractivity contribution in [2.75, 3.05) is 24.3 Å². The molecule has 0 aliphatic carbocycles. The smallest absolute Gasteiger partial charge is 0.271 e. The first-order valence-electron chi connectivity index (χ1n) is 8.23. The SMILES string of the molecule is O=C(CSCc1cc(Cl)c2c(c1)OCCCO2)Nc1cccc([N+](=O)[O-])c1. The second-order valence-corrected chi connectivity index (χ2v) is 7.20. The highest BCUT2D eigenvalue weighted by molar-refractivity contribution is 7.99. The first-order chi connectivity index (χ1) is 13.0. The van der Waals surface area contributed by atoms with Gasteiger partial charge in [0, 0.05) is 30.0 Å². The Kier molecular flexibility index (Phi) is 6.41. The number of fused-ring (bicyclic) bond motifs is 1. The zero-order valence-corrected chi connectivity index (χ0v) is 15.8. The van der Waals surface area contributed by atoms with Crippen molar-refractivity contribution in [1.82, 2.24) is 0 Å². The number of nitrogens with zero attached hydrogens (tertiary/aromatic N) is 1. The summed E-state index contributed by atoms with van der Waals surface area (Å²) in [7, 11) is 0. The fourth-order valence-corrected chi connectivity index (χ4v) is 3.57. The third-order valence-electron chi connectivity index (χ3n) is 3.70. The Bertz CT molecular complexity index is 862. The maximum Gasteiger partial charge on any atom is 0.271 e. The predicted molar refractivity (Wildman–Crippen MR) is 105 cm³/mol. The van der Waals surface area contributed by atoms with E-state index >= 15 is 0 Å². The van der Waals surface area contributed by atoms with Crippen LogP contribution in [-0.2, 0) is 10.5 Å². The Morgan fingerprint density at radius 3 is 2.89 bits per heavy atom. The van der Waals surface area contributed by atoms with E-state index in [4.69, 9.17) is 21.1 Å². The summed E-state index contributed by atoms with van der Waals surface area (Å²) in [6.45, 7) is 1.14. The van der Waals surface area contributed by atoms with Gasteiger partial charge in [0.05, 0.1) is 28.9 Å². The van der Waals surface area contributed by atoms with Crippen LogP contribution in [0.25, 0.3) is 0 Å². The van der Waals surface area contributed by atoms with Gasteiger partial charge in [-0.2, -0.15) is 0 Å². The largest absolute Gasteiger partial charge is 0.489 e. The van der Waals surface area contributed by atoms with Crippen LogP contribution < -0.4 is 14.8 Å². The summed E-state index contributed by atoms with van der Waals surface area (Å²) in [5, 5.41) is 13.9. The summed E-state index contributed by atoms with van der Waals surface area (Å²) in [4.78, 5) is 22.3. The Labute approximate surface area is 165 Å². The number of anilines is 1. The number of hydrogen-bond donors (Lipinski definition) is 1. The molecule has 1 N–H and O–H groups in total. The van der Waals surface area contributed by atoms with Crippen LogP contribution in [0.2, 0.25) is 5.02 Å². The zero-order valence-electron chi connectivity index (χ0n) is 14.3. The maximum atomic E-state index is 12.1. The van der Waals surface area contributed by atoms with E-state index in [2.05, 4.69) is 5.32 Å². The van der Waals surface area contributed by atoms with E-state index in [1.165, 1.54) is 30.0 Å². The molecule has 1 aliphatic rings. The molecule has 7 nitrogen and oxygen atoms in total. The summed E-state index contributed by atoms with van der Waals surface area (Å²) in [6, 6.07) is 9.52. The molecule has 142 valence electrons. The van der Waals surface area contributed by atoms with Gasteiger partial charge in [0.1, 0.15) is 0 Å². The summed E-state index contributed by atoms with van der Waals surface area (Å²) in [5.74, 6) is 1.72. The van der Waals surface area contributed by atoms with Crippen molar-refractivity contribution in [3.05, 3.63) is 57.1 Å². The molecule has 0 bridgehead atoms. The molecule has 1 heterocycles. The van der Waals surface area contributed by atoms with E-state index in [9.17, 15) is 14.9 Å². The number of nitro benzene ring substituents is 1. The quantitative estimate of drug-likeness (QED) is 0.566. The highest BCUT2D eigenvalue weighted by Crippen LogP contribution is 2.38. The van der Waals surface area contributed by atoms with Gasteiger partial charge in [0.25, 0.3) is 5.69 Å². The highest BCUT2D eigenvalue weighted by Gasteiger charge is 2.16. The van der Waals surface area contributed by atoms with E-state index in [-0.39, 0.29) is 17.3 Å². The lowest BCUT2D eigenvalue weighted by atomic mass is 10.2. The number of non-ortho nitro benzene ring substituents is 1. The van der Waals surface area contributed by atoms with Crippen LogP contribution in [-0.4, -0.2) is 29.8 Å². The van der Waals surface area contributed by atoms with Gasteiger partial charge in [0.2, 0.25) is 5.91 Å². The van der Waals surface area contributed by atoms with Gasteiger partial charge < -0.3 is 14.8 Å². The van der Waals surface area contributed by atoms with Crippen LogP contribution in [0.5, 0.6) is 11.5 Å². The predicted octanol–water partition coefficient (Wildman–Crippen LogP) is 4.28. The zero-order chi connectivity index (χ0) is 19.2. The van der Waals surface area contributed by atoms with Crippen molar-refractivity contribution in [3.8, 4) is 11.5 Å². The minimum absolute atomic E-state index is 0.0673. The fourth-order valence-electron chi connectivity index (χ4n) is 2.52. The van der Waals surface area contributed by atoms with Crippen molar-refractivity contribution < 1.29 is 19.2 Å². The van der Waals surface area contributed by atoms with Crippen LogP contribution in [0.4, 0.5) is 11.4 Å². The molecule has 0 fully saturated rings. The highest BCUT2D eigenvalue weighted by atomic mass is 35.5. The summed E-state index contributed by atoms with van der Waals surface area (Å²) >= 11 is 7.67. The lowest BCUT2D eigenvalue weighted by Crippen LogP contribution is -2.14. The number of ether oxygens (including phenoxy) is 2. The Morgan fingerprint density at radius 2 is 2.07 bits per heavy atom. The molecule has 2 aromatic rings. The first kappa shape index (κ1) is 19.3. The minimum Gasteiger partial charge on any atom is -0.489 e. The van der Waals surface area contributed by atoms with Gasteiger partial charge in [-0.15, -0.1) is 11.8 Å². The van der Waals surface area contributed by atoms with E-state index < -0.39 is 4.92 Å². The monoisotopic (exact) mass is 408 g/mol. The molecule has 0 atom stereocenters. The first-order valence-corrected chi connectivity index (χ1v) is 9.76. The number of carbonyl (C=O) groups excluding carboxylic acids is 1. The fraction of sp³-hybridized carbons (Fsp3) is 0.278. The lowest BCUT2D eigenvalue weighted by Gasteiger charge is -2.11. The van der Waals surface area contributed by atoms with E-state index in [0.29, 0.717) is 41.2 Å². The number of benzene rings is 2. The molecule has 0 spiro atoms. The van der Waals surface area contributed by atoms with Crippen LogP contribution >= 0.6 is 23.4 Å². The van der Waals surface area contributed by atoms with E-state index in [1.807, 2.05) is 6.07 Å². The molecular weight excluding hydrogens is 392 g/mol. The average Bonchev–Trinajstić information content (AvgIpc) is 2.88. The van der Waals surface area contributed by atoms with E-state index in [1.54, 1.807) is 12.1 Å². The lowest BCUT2D eigenvalue weighted by molar-refractivity contribution is -0.384. The van der Waals surface area contributed by atoms with Crippen molar-refractivity contribution in [2.45, 2.75) is 12.2 Å². The molecule has 2 aromatic carbocycles. The number of nitro groups is 1. The third kappa shape index (κ3) is 5.27. The van der Waals surface area contributed by atoms with Crippen molar-refractivity contribution >= 4 is 40.6 Å². The standard InChI is InChI=1S/C18H17ClN2O5S/c19-15-7-12(8-16-18(15)26-6-2-5-25-16)10-27-11-17(22)20-13-3-1-4-14(9-13)21(23)24/h1,3-4,7-9H,2,5-6,10-11H2,(H,20,22). The Balaban J connectivity index is 1.54. The third-order valence-corrected chi connectivity index (χ3v) is 4.99. The van der Waals surface area contributed by atoms with Crippen LogP contribution in [0.3, 0.4) is 0 Å². The topological polar surface area (TPSA) is 90.7 Å². The molecular formula is C18H17ClN2O5S. The maximum absolute atomic E-state index is 12.1. The van der Waals surface area contributed by atoms with Gasteiger partial charge in [-0.1, -0.05) is 17.7 Å². The number of nitrogens with one attached hydrogen (secondary N) is 1. The number of rotatable bonds is 6. The molecule has 0 saturated heterocycles. The number of halogens is 1. The molecule has 1 amide bonds. The van der Waals surface area contributed by atoms with Crippen molar-refractivity contribution in [1.29, 1.82) is 0 Å². The number of thioether (sulfide) groups is 1. The Morgan fingerprint density at radius 1 is 1.26 bits per heavy atom. The Hall–Kier alpha value is -2.45. The summed E-state index contributed by atoms with van der Waals surface area (Å²) in [5.41, 5.74) is 1.26. The molecule has 1 aliphatic heterocycles. The number of amides is 1. The van der Waals surface area contributed by atoms with Gasteiger partial charge in [-0.3, -0.25) is 14.9 Å². The number of hydrogen-bond acceptors (Lipinski definition) is 6. The molecule has 0 saturated carbocycles. The van der Waals surface area contributed by atoms with Crippen molar-refractivity contribution in [2.24, 2.45) is 0 Å². The van der Waals surface area contributed by atoms with Gasteiger partial charge in [-0.25, -0.2) is 0 Å². The van der Waals surface area contributed by atoms with Gasteiger partial charge >= 0.3 is 0 Å². The van der Waals surface area contributed by atoms with Gasteiger partial charge in [0.15, 0.2) is 11.5 Å². The van der Waals surface area contributed by atoms with E-state index in [0.717, 1.165) is 12.0 Å². The second kappa shape index (κ2) is 8.96. The van der Waals surface area contributed by atoms with Crippen molar-refractivity contribution in [3.63, 3.8) is 0 Å². The molecule has 0 unspecified atom stereocenters. The second-order valence-electron chi connectivity index (χ2n) is 5.80. The molecule has 0 aromatic heterocycles. The van der Waals surface area contributed by atoms with Crippen LogP contribution in [0.1, 0.15) is 12.0 Å².